The maximum Gasteiger partial charge on any atom is 0.239 e. The molecule has 3 rings (SSSR count). The molecule has 0 saturated carbocycles. The van der Waals surface area contributed by atoms with E-state index in [2.05, 4.69) is 10.2 Å². The first-order chi connectivity index (χ1) is 13.1. The molecule has 7 heteroatoms. The molecule has 2 aromatic rings. The minimum atomic E-state index is -0.106. The number of ether oxygens (including phenoxy) is 2. The molecule has 1 aliphatic heterocycles. The molecule has 1 amide bonds. The number of nitrogens with one attached hydrogen (secondary N) is 1. The van der Waals surface area contributed by atoms with Crippen molar-refractivity contribution in [2.45, 2.75) is 13.3 Å². The van der Waals surface area contributed by atoms with E-state index in [-0.39, 0.29) is 11.7 Å². The molecule has 1 saturated heterocycles. The highest BCUT2D eigenvalue weighted by atomic mass is 32.1. The van der Waals surface area contributed by atoms with Crippen molar-refractivity contribution in [3.05, 3.63) is 46.3 Å². The molecule has 6 nitrogen and oxygen atoms in total. The molecule has 1 aromatic heterocycles. The van der Waals surface area contributed by atoms with Gasteiger partial charge >= 0.3 is 0 Å². The molecule has 0 spiro atoms. The van der Waals surface area contributed by atoms with E-state index in [1.807, 2.05) is 13.0 Å². The summed E-state index contributed by atoms with van der Waals surface area (Å²) >= 11 is 1.46. The van der Waals surface area contributed by atoms with Crippen molar-refractivity contribution in [3.63, 3.8) is 0 Å². The number of hydrogen-bond donors (Lipinski definition) is 1. The molecular formula is C20H24N2O4S. The summed E-state index contributed by atoms with van der Waals surface area (Å²) in [5.41, 5.74) is 1.11. The molecule has 0 atom stereocenters. The van der Waals surface area contributed by atoms with Crippen molar-refractivity contribution >= 4 is 28.0 Å². The molecule has 27 heavy (non-hydrogen) atoms. The van der Waals surface area contributed by atoms with Gasteiger partial charge in [0.15, 0.2) is 5.78 Å². The maximum atomic E-state index is 13.0. The molecule has 144 valence electrons. The lowest BCUT2D eigenvalue weighted by Crippen LogP contribution is -2.41. The summed E-state index contributed by atoms with van der Waals surface area (Å²) in [5.74, 6) is 0.491. The van der Waals surface area contributed by atoms with Crippen LogP contribution in [0, 0.1) is 0 Å². The van der Waals surface area contributed by atoms with E-state index in [4.69, 9.17) is 9.47 Å². The molecule has 1 aliphatic rings. The molecule has 0 aliphatic carbocycles. The topological polar surface area (TPSA) is 67.9 Å². The van der Waals surface area contributed by atoms with Crippen molar-refractivity contribution in [2.75, 3.05) is 45.3 Å². The molecule has 0 unspecified atom stereocenters. The SMILES string of the molecule is CCc1cc(C(=O)c2ccc(OC)cc2)c(NC(=O)CN2CCOCC2)s1. The normalized spacial score (nSPS) is 14.7. The van der Waals surface area contributed by atoms with Crippen LogP contribution in [0.25, 0.3) is 0 Å². The number of hydrogen-bond acceptors (Lipinski definition) is 6. The van der Waals surface area contributed by atoms with Gasteiger partial charge in [-0.2, -0.15) is 0 Å². The quantitative estimate of drug-likeness (QED) is 0.739. The monoisotopic (exact) mass is 388 g/mol. The Morgan fingerprint density at radius 2 is 1.93 bits per heavy atom. The zero-order valence-electron chi connectivity index (χ0n) is 15.6. The van der Waals surface area contributed by atoms with Gasteiger partial charge in [0.05, 0.1) is 32.4 Å². The zero-order valence-corrected chi connectivity index (χ0v) is 16.4. The van der Waals surface area contributed by atoms with Crippen LogP contribution in [0.3, 0.4) is 0 Å². The Hall–Kier alpha value is -2.22. The molecule has 0 bridgehead atoms. The van der Waals surface area contributed by atoms with Crippen LogP contribution in [0.4, 0.5) is 5.00 Å². The second-order valence-electron chi connectivity index (χ2n) is 6.30. The van der Waals surface area contributed by atoms with Crippen LogP contribution in [0.1, 0.15) is 27.7 Å². The Bertz CT molecular complexity index is 795. The first kappa shape index (κ1) is 19.5. The second-order valence-corrected chi connectivity index (χ2v) is 7.44. The number of rotatable bonds is 7. The number of thiophene rings is 1. The number of carbonyl (C=O) groups excluding carboxylic acids is 2. The van der Waals surface area contributed by atoms with Gasteiger partial charge in [-0.1, -0.05) is 6.92 Å². The van der Waals surface area contributed by atoms with E-state index >= 15 is 0 Å². The Balaban J connectivity index is 1.75. The van der Waals surface area contributed by atoms with E-state index < -0.39 is 0 Å². The Morgan fingerprint density at radius 1 is 1.22 bits per heavy atom. The van der Waals surface area contributed by atoms with Gasteiger partial charge in [-0.3, -0.25) is 14.5 Å². The minimum absolute atomic E-state index is 0.102. The molecule has 0 radical (unpaired) electrons. The van der Waals surface area contributed by atoms with Crippen LogP contribution < -0.4 is 10.1 Å². The number of ketones is 1. The second kappa shape index (κ2) is 9.12. The van der Waals surface area contributed by atoms with Crippen LogP contribution in [-0.4, -0.2) is 56.5 Å². The van der Waals surface area contributed by atoms with E-state index in [9.17, 15) is 9.59 Å². The van der Waals surface area contributed by atoms with Gasteiger partial charge in [-0.05, 0) is 36.8 Å². The summed E-state index contributed by atoms with van der Waals surface area (Å²) < 4.78 is 10.5. The van der Waals surface area contributed by atoms with Crippen molar-refractivity contribution in [2.24, 2.45) is 0 Å². The van der Waals surface area contributed by atoms with E-state index in [0.717, 1.165) is 24.4 Å². The molecule has 1 aromatic carbocycles. The lowest BCUT2D eigenvalue weighted by molar-refractivity contribution is -0.118. The number of nitrogens with zero attached hydrogens (tertiary/aromatic N) is 1. The summed E-state index contributed by atoms with van der Waals surface area (Å²) in [5, 5.41) is 3.55. The van der Waals surface area contributed by atoms with Crippen LogP contribution in [0.5, 0.6) is 5.75 Å². The Kier molecular flexibility index (Phi) is 6.60. The van der Waals surface area contributed by atoms with Crippen LogP contribution >= 0.6 is 11.3 Å². The first-order valence-electron chi connectivity index (χ1n) is 9.02. The summed E-state index contributed by atoms with van der Waals surface area (Å²) in [6.45, 7) is 5.12. The number of aryl methyl sites for hydroxylation is 1. The first-order valence-corrected chi connectivity index (χ1v) is 9.83. The van der Waals surface area contributed by atoms with Gasteiger partial charge in [0.25, 0.3) is 0 Å². The maximum absolute atomic E-state index is 13.0. The third-order valence-electron chi connectivity index (χ3n) is 4.45. The van der Waals surface area contributed by atoms with E-state index in [1.165, 1.54) is 11.3 Å². The third kappa shape index (κ3) is 4.94. The summed E-state index contributed by atoms with van der Waals surface area (Å²) in [4.78, 5) is 28.5. The van der Waals surface area contributed by atoms with Gasteiger partial charge in [0.1, 0.15) is 10.8 Å². The fraction of sp³-hybridized carbons (Fsp3) is 0.400. The highest BCUT2D eigenvalue weighted by Gasteiger charge is 2.20. The molecule has 2 heterocycles. The third-order valence-corrected chi connectivity index (χ3v) is 5.65. The fourth-order valence-corrected chi connectivity index (χ4v) is 3.91. The molecular weight excluding hydrogens is 364 g/mol. The molecule has 1 fully saturated rings. The van der Waals surface area contributed by atoms with Crippen LogP contribution in [0.15, 0.2) is 30.3 Å². The average Bonchev–Trinajstić information content (AvgIpc) is 3.11. The highest BCUT2D eigenvalue weighted by molar-refractivity contribution is 7.16. The molecule has 1 N–H and O–H groups in total. The predicted molar refractivity (Wildman–Crippen MR) is 106 cm³/mol. The summed E-state index contributed by atoms with van der Waals surface area (Å²) in [6.07, 6.45) is 0.812. The van der Waals surface area contributed by atoms with Gasteiger partial charge in [-0.25, -0.2) is 0 Å². The van der Waals surface area contributed by atoms with Crippen LogP contribution in [0.2, 0.25) is 0 Å². The van der Waals surface area contributed by atoms with Crippen molar-refractivity contribution in [1.29, 1.82) is 0 Å². The Morgan fingerprint density at radius 3 is 2.56 bits per heavy atom. The van der Waals surface area contributed by atoms with Gasteiger partial charge in [0, 0.05) is 23.5 Å². The smallest absolute Gasteiger partial charge is 0.239 e. The lowest BCUT2D eigenvalue weighted by atomic mass is 10.0. The predicted octanol–water partition coefficient (Wildman–Crippen LogP) is 2.82. The standard InChI is InChI=1S/C20H24N2O4S/c1-3-16-12-17(19(24)14-4-6-15(25-2)7-5-14)20(27-16)21-18(23)13-22-8-10-26-11-9-22/h4-7,12H,3,8-11,13H2,1-2H3,(H,21,23). The minimum Gasteiger partial charge on any atom is -0.497 e. The lowest BCUT2D eigenvalue weighted by Gasteiger charge is -2.25. The Labute approximate surface area is 163 Å². The summed E-state index contributed by atoms with van der Waals surface area (Å²) in [7, 11) is 1.59. The summed E-state index contributed by atoms with van der Waals surface area (Å²) in [6, 6.07) is 8.88. The van der Waals surface area contributed by atoms with Crippen molar-refractivity contribution in [1.82, 2.24) is 4.90 Å². The van der Waals surface area contributed by atoms with Crippen molar-refractivity contribution < 1.29 is 19.1 Å². The number of morpholine rings is 1. The number of anilines is 1. The highest BCUT2D eigenvalue weighted by Crippen LogP contribution is 2.31. The number of methoxy groups -OCH3 is 1. The van der Waals surface area contributed by atoms with Crippen molar-refractivity contribution in [3.8, 4) is 5.75 Å². The number of benzene rings is 1. The van der Waals surface area contributed by atoms with Gasteiger partial charge in [-0.15, -0.1) is 11.3 Å². The van der Waals surface area contributed by atoms with Crippen LogP contribution in [-0.2, 0) is 16.0 Å². The number of amides is 1. The zero-order chi connectivity index (χ0) is 19.2. The van der Waals surface area contributed by atoms with Gasteiger partial charge in [0.2, 0.25) is 5.91 Å². The number of carbonyl (C=O) groups is 2. The largest absolute Gasteiger partial charge is 0.497 e. The fourth-order valence-electron chi connectivity index (χ4n) is 2.90. The average molecular weight is 388 g/mol. The van der Waals surface area contributed by atoms with E-state index in [1.54, 1.807) is 31.4 Å². The van der Waals surface area contributed by atoms with E-state index in [0.29, 0.717) is 41.6 Å². The van der Waals surface area contributed by atoms with Gasteiger partial charge < -0.3 is 14.8 Å².